The van der Waals surface area contributed by atoms with Gasteiger partial charge in [-0.1, -0.05) is 36.4 Å². The Bertz CT molecular complexity index is 629. The smallest absolute Gasteiger partial charge is 0.222 e. The first-order valence-corrected chi connectivity index (χ1v) is 7.04. The summed E-state index contributed by atoms with van der Waals surface area (Å²) in [5.74, 6) is -0.912. The number of ether oxygens (including phenoxy) is 1. The monoisotopic (exact) mass is 302 g/mol. The molecule has 2 rings (SSSR count). The third kappa shape index (κ3) is 4.30. The average molecular weight is 302 g/mol. The van der Waals surface area contributed by atoms with Crippen LogP contribution < -0.4 is 16.2 Å². The van der Waals surface area contributed by atoms with Gasteiger partial charge in [-0.25, -0.2) is 4.39 Å². The predicted molar refractivity (Wildman–Crippen MR) is 82.6 cm³/mol. The van der Waals surface area contributed by atoms with Crippen LogP contribution >= 0.6 is 0 Å². The van der Waals surface area contributed by atoms with E-state index in [-0.39, 0.29) is 30.6 Å². The molecule has 0 heterocycles. The molecule has 0 saturated carbocycles. The van der Waals surface area contributed by atoms with Crippen LogP contribution in [0.25, 0.3) is 0 Å². The summed E-state index contributed by atoms with van der Waals surface area (Å²) in [5, 5.41) is 0. The normalized spacial score (nSPS) is 11.9. The Hall–Kier alpha value is -2.40. The SMILES string of the molecule is NC[C@H](Cc1ccc(COc2ccccc2F)cc1)C(N)=O. The molecule has 0 bridgehead atoms. The quantitative estimate of drug-likeness (QED) is 0.821. The van der Waals surface area contributed by atoms with Crippen molar-refractivity contribution in [3.8, 4) is 5.75 Å². The van der Waals surface area contributed by atoms with E-state index in [2.05, 4.69) is 0 Å². The molecule has 0 aliphatic carbocycles. The average Bonchev–Trinajstić information content (AvgIpc) is 2.52. The van der Waals surface area contributed by atoms with Crippen molar-refractivity contribution >= 4 is 5.91 Å². The van der Waals surface area contributed by atoms with E-state index < -0.39 is 5.91 Å². The van der Waals surface area contributed by atoms with Gasteiger partial charge in [-0.15, -0.1) is 0 Å². The molecule has 1 amide bonds. The number of amides is 1. The highest BCUT2D eigenvalue weighted by molar-refractivity contribution is 5.77. The van der Waals surface area contributed by atoms with Crippen molar-refractivity contribution in [3.63, 3.8) is 0 Å². The first-order chi connectivity index (χ1) is 10.6. The zero-order valence-corrected chi connectivity index (χ0v) is 12.2. The number of benzene rings is 2. The molecule has 2 aromatic carbocycles. The summed E-state index contributed by atoms with van der Waals surface area (Å²) in [6.45, 7) is 0.505. The molecule has 0 aliphatic heterocycles. The summed E-state index contributed by atoms with van der Waals surface area (Å²) < 4.78 is 18.9. The summed E-state index contributed by atoms with van der Waals surface area (Å²) in [4.78, 5) is 11.2. The molecule has 0 spiro atoms. The van der Waals surface area contributed by atoms with Crippen LogP contribution in [0.5, 0.6) is 5.75 Å². The summed E-state index contributed by atoms with van der Waals surface area (Å²) in [6.07, 6.45) is 0.514. The van der Waals surface area contributed by atoms with Crippen LogP contribution in [0.2, 0.25) is 0 Å². The van der Waals surface area contributed by atoms with Gasteiger partial charge < -0.3 is 16.2 Å². The standard InChI is InChI=1S/C17H19FN2O2/c18-15-3-1-2-4-16(15)22-11-13-7-5-12(6-8-13)9-14(10-19)17(20)21/h1-8,14H,9-11,19H2,(H2,20,21)/t14-/m0/s1. The van der Waals surface area contributed by atoms with Crippen molar-refractivity contribution < 1.29 is 13.9 Å². The first-order valence-electron chi connectivity index (χ1n) is 7.04. The molecule has 116 valence electrons. The predicted octanol–water partition coefficient (Wildman–Crippen LogP) is 2.01. The van der Waals surface area contributed by atoms with Crippen molar-refractivity contribution in [2.45, 2.75) is 13.0 Å². The van der Waals surface area contributed by atoms with E-state index >= 15 is 0 Å². The molecule has 4 N–H and O–H groups in total. The lowest BCUT2D eigenvalue weighted by Gasteiger charge is -2.11. The van der Waals surface area contributed by atoms with Crippen molar-refractivity contribution in [2.75, 3.05) is 6.54 Å². The van der Waals surface area contributed by atoms with Gasteiger partial charge in [0.15, 0.2) is 11.6 Å². The highest BCUT2D eigenvalue weighted by Crippen LogP contribution is 2.17. The molecule has 0 radical (unpaired) electrons. The van der Waals surface area contributed by atoms with Crippen LogP contribution in [-0.4, -0.2) is 12.5 Å². The Labute approximate surface area is 128 Å². The Morgan fingerprint density at radius 2 is 1.73 bits per heavy atom. The summed E-state index contributed by atoms with van der Waals surface area (Å²) in [7, 11) is 0. The minimum Gasteiger partial charge on any atom is -0.486 e. The molecule has 1 atom stereocenters. The van der Waals surface area contributed by atoms with Crippen LogP contribution in [0.1, 0.15) is 11.1 Å². The molecule has 0 fully saturated rings. The van der Waals surface area contributed by atoms with Gasteiger partial charge >= 0.3 is 0 Å². The molecule has 0 saturated heterocycles. The van der Waals surface area contributed by atoms with Crippen LogP contribution in [0.15, 0.2) is 48.5 Å². The van der Waals surface area contributed by atoms with Crippen LogP contribution in [0.3, 0.4) is 0 Å². The highest BCUT2D eigenvalue weighted by atomic mass is 19.1. The van der Waals surface area contributed by atoms with Crippen molar-refractivity contribution in [2.24, 2.45) is 17.4 Å². The molecule has 0 unspecified atom stereocenters. The number of halogens is 1. The molecule has 2 aromatic rings. The number of rotatable bonds is 7. The van der Waals surface area contributed by atoms with E-state index in [4.69, 9.17) is 16.2 Å². The second kappa shape index (κ2) is 7.56. The Morgan fingerprint density at radius 1 is 1.09 bits per heavy atom. The lowest BCUT2D eigenvalue weighted by atomic mass is 9.98. The second-order valence-corrected chi connectivity index (χ2v) is 5.07. The molecule has 4 nitrogen and oxygen atoms in total. The van der Waals surface area contributed by atoms with Gasteiger partial charge in [0.1, 0.15) is 6.61 Å². The van der Waals surface area contributed by atoms with Crippen molar-refractivity contribution in [1.29, 1.82) is 0 Å². The molecule has 0 aliphatic rings. The zero-order chi connectivity index (χ0) is 15.9. The number of primary amides is 1. The summed E-state index contributed by atoms with van der Waals surface area (Å²) in [5.41, 5.74) is 12.7. The third-order valence-corrected chi connectivity index (χ3v) is 3.42. The maximum Gasteiger partial charge on any atom is 0.222 e. The largest absolute Gasteiger partial charge is 0.486 e. The van der Waals surface area contributed by atoms with Gasteiger partial charge in [-0.05, 0) is 29.7 Å². The van der Waals surface area contributed by atoms with Gasteiger partial charge in [0, 0.05) is 6.54 Å². The van der Waals surface area contributed by atoms with Gasteiger partial charge in [0.25, 0.3) is 0 Å². The minimum absolute atomic E-state index is 0.225. The second-order valence-electron chi connectivity index (χ2n) is 5.07. The minimum atomic E-state index is -0.394. The zero-order valence-electron chi connectivity index (χ0n) is 12.2. The maximum absolute atomic E-state index is 13.4. The van der Waals surface area contributed by atoms with Gasteiger partial charge in [-0.3, -0.25) is 4.79 Å². The van der Waals surface area contributed by atoms with E-state index in [0.29, 0.717) is 6.42 Å². The van der Waals surface area contributed by atoms with Crippen molar-refractivity contribution in [1.82, 2.24) is 0 Å². The number of hydrogen-bond donors (Lipinski definition) is 2. The molecular formula is C17H19FN2O2. The Morgan fingerprint density at radius 3 is 2.32 bits per heavy atom. The van der Waals surface area contributed by atoms with Gasteiger partial charge in [-0.2, -0.15) is 0 Å². The van der Waals surface area contributed by atoms with Crippen LogP contribution in [-0.2, 0) is 17.8 Å². The van der Waals surface area contributed by atoms with Gasteiger partial charge in [0.05, 0.1) is 5.92 Å². The van der Waals surface area contributed by atoms with Crippen LogP contribution in [0.4, 0.5) is 4.39 Å². The first kappa shape index (κ1) is 16.0. The Kier molecular flexibility index (Phi) is 5.49. The molecule has 5 heteroatoms. The number of nitrogens with two attached hydrogens (primary N) is 2. The summed E-state index contributed by atoms with van der Waals surface area (Å²) >= 11 is 0. The molecule has 0 aromatic heterocycles. The fourth-order valence-corrected chi connectivity index (χ4v) is 2.08. The van der Waals surface area contributed by atoms with E-state index in [0.717, 1.165) is 11.1 Å². The fourth-order valence-electron chi connectivity index (χ4n) is 2.08. The van der Waals surface area contributed by atoms with Crippen LogP contribution in [0, 0.1) is 11.7 Å². The highest BCUT2D eigenvalue weighted by Gasteiger charge is 2.13. The summed E-state index contributed by atoms with van der Waals surface area (Å²) in [6, 6.07) is 13.8. The molecular weight excluding hydrogens is 283 g/mol. The van der Waals surface area contributed by atoms with E-state index in [9.17, 15) is 9.18 Å². The number of carbonyl (C=O) groups is 1. The van der Waals surface area contributed by atoms with E-state index in [1.807, 2.05) is 24.3 Å². The van der Waals surface area contributed by atoms with E-state index in [1.165, 1.54) is 6.07 Å². The van der Waals surface area contributed by atoms with Crippen molar-refractivity contribution in [3.05, 3.63) is 65.5 Å². The number of carbonyl (C=O) groups excluding carboxylic acids is 1. The maximum atomic E-state index is 13.4. The number of hydrogen-bond acceptors (Lipinski definition) is 3. The lowest BCUT2D eigenvalue weighted by molar-refractivity contribution is -0.121. The van der Waals surface area contributed by atoms with Gasteiger partial charge in [0.2, 0.25) is 5.91 Å². The molecule has 22 heavy (non-hydrogen) atoms. The topological polar surface area (TPSA) is 78.3 Å². The Balaban J connectivity index is 1.94. The van der Waals surface area contributed by atoms with E-state index in [1.54, 1.807) is 18.2 Å². The number of para-hydroxylation sites is 1. The lowest BCUT2D eigenvalue weighted by Crippen LogP contribution is -2.31. The third-order valence-electron chi connectivity index (χ3n) is 3.42. The fraction of sp³-hybridized carbons (Fsp3) is 0.235.